The predicted molar refractivity (Wildman–Crippen MR) is 70.3 cm³/mol. The Morgan fingerprint density at radius 1 is 1.35 bits per heavy atom. The molecule has 3 aromatic rings. The molecule has 20 heavy (non-hydrogen) atoms. The van der Waals surface area contributed by atoms with E-state index in [9.17, 15) is 4.79 Å². The number of benzene rings is 1. The molecule has 7 heteroatoms. The van der Waals surface area contributed by atoms with Gasteiger partial charge >= 0.3 is 5.97 Å². The summed E-state index contributed by atoms with van der Waals surface area (Å²) in [7, 11) is 0. The highest BCUT2D eigenvalue weighted by molar-refractivity contribution is 5.92. The van der Waals surface area contributed by atoms with Gasteiger partial charge in [-0.2, -0.15) is 4.98 Å². The summed E-state index contributed by atoms with van der Waals surface area (Å²) in [5.41, 5.74) is 1.99. The summed E-state index contributed by atoms with van der Waals surface area (Å²) >= 11 is 0. The average molecular weight is 270 g/mol. The second kappa shape index (κ2) is 4.96. The van der Waals surface area contributed by atoms with Crippen molar-refractivity contribution in [2.75, 3.05) is 5.32 Å². The highest BCUT2D eigenvalue weighted by Crippen LogP contribution is 2.20. The first-order chi connectivity index (χ1) is 9.72. The third-order valence-corrected chi connectivity index (χ3v) is 2.70. The van der Waals surface area contributed by atoms with E-state index in [4.69, 9.17) is 9.52 Å². The highest BCUT2D eigenvalue weighted by Gasteiger charge is 2.09. The zero-order chi connectivity index (χ0) is 13.9. The Hall–Kier alpha value is -2.96. The van der Waals surface area contributed by atoms with Gasteiger partial charge in [0.1, 0.15) is 11.8 Å². The Kier molecular flexibility index (Phi) is 3.00. The molecular formula is C13H10N4O3. The van der Waals surface area contributed by atoms with Crippen LogP contribution >= 0.6 is 0 Å². The van der Waals surface area contributed by atoms with Gasteiger partial charge in [0.05, 0.1) is 17.8 Å². The van der Waals surface area contributed by atoms with E-state index in [1.807, 2.05) is 0 Å². The minimum atomic E-state index is -1.00. The maximum absolute atomic E-state index is 10.9. The molecule has 0 saturated heterocycles. The fourth-order valence-corrected chi connectivity index (χ4v) is 1.72. The molecular weight excluding hydrogens is 260 g/mol. The number of anilines is 1. The maximum atomic E-state index is 10.9. The lowest BCUT2D eigenvalue weighted by Crippen LogP contribution is -2.01. The van der Waals surface area contributed by atoms with E-state index in [1.165, 1.54) is 18.5 Å². The molecule has 0 radical (unpaired) electrons. The molecule has 7 nitrogen and oxygen atoms in total. The Morgan fingerprint density at radius 3 is 3.00 bits per heavy atom. The first kappa shape index (κ1) is 12.1. The molecule has 0 aliphatic carbocycles. The standard InChI is InChI=1S/C13H10N4O3/c18-12(19)8-1-2-10-11(5-8)20-13(17-10)15-6-9-3-4-14-7-16-9/h1-5,7H,6H2,(H,15,17)(H,18,19). The van der Waals surface area contributed by atoms with Crippen molar-refractivity contribution in [3.63, 3.8) is 0 Å². The first-order valence-corrected chi connectivity index (χ1v) is 5.85. The van der Waals surface area contributed by atoms with Crippen LogP contribution in [0.25, 0.3) is 11.1 Å². The number of hydrogen-bond donors (Lipinski definition) is 2. The zero-order valence-electron chi connectivity index (χ0n) is 10.3. The molecule has 0 aliphatic rings. The molecule has 2 N–H and O–H groups in total. The summed E-state index contributed by atoms with van der Waals surface area (Å²) in [6.45, 7) is 0.446. The van der Waals surface area contributed by atoms with Crippen molar-refractivity contribution < 1.29 is 14.3 Å². The lowest BCUT2D eigenvalue weighted by atomic mass is 10.2. The van der Waals surface area contributed by atoms with Gasteiger partial charge in [-0.05, 0) is 24.3 Å². The molecule has 1 aromatic carbocycles. The van der Waals surface area contributed by atoms with Crippen molar-refractivity contribution in [1.82, 2.24) is 15.0 Å². The van der Waals surface area contributed by atoms with Crippen LogP contribution < -0.4 is 5.32 Å². The maximum Gasteiger partial charge on any atom is 0.335 e. The SMILES string of the molecule is O=C(O)c1ccc2nc(NCc3ccncn3)oc2c1. The number of hydrogen-bond acceptors (Lipinski definition) is 6. The molecule has 0 saturated carbocycles. The van der Waals surface area contributed by atoms with Crippen LogP contribution in [0.3, 0.4) is 0 Å². The Balaban J connectivity index is 1.80. The zero-order valence-corrected chi connectivity index (χ0v) is 10.3. The quantitative estimate of drug-likeness (QED) is 0.746. The number of carbonyl (C=O) groups is 1. The third-order valence-electron chi connectivity index (χ3n) is 2.70. The molecule has 0 unspecified atom stereocenters. The number of carboxylic acids is 1. The average Bonchev–Trinajstić information content (AvgIpc) is 2.88. The molecule has 3 rings (SSSR count). The molecule has 2 aromatic heterocycles. The second-order valence-electron chi connectivity index (χ2n) is 4.06. The van der Waals surface area contributed by atoms with Gasteiger partial charge in [0, 0.05) is 6.20 Å². The van der Waals surface area contributed by atoms with Crippen LogP contribution in [0, 0.1) is 0 Å². The lowest BCUT2D eigenvalue weighted by molar-refractivity contribution is 0.0697. The summed E-state index contributed by atoms with van der Waals surface area (Å²) in [6.07, 6.45) is 3.11. The van der Waals surface area contributed by atoms with Crippen molar-refractivity contribution in [3.05, 3.63) is 48.0 Å². The molecule has 2 heterocycles. The van der Waals surface area contributed by atoms with Crippen LogP contribution in [-0.4, -0.2) is 26.0 Å². The van der Waals surface area contributed by atoms with Crippen molar-refractivity contribution >= 4 is 23.1 Å². The monoisotopic (exact) mass is 270 g/mol. The van der Waals surface area contributed by atoms with Crippen molar-refractivity contribution in [3.8, 4) is 0 Å². The minimum Gasteiger partial charge on any atom is -0.478 e. The van der Waals surface area contributed by atoms with Gasteiger partial charge in [-0.1, -0.05) is 0 Å². The van der Waals surface area contributed by atoms with Gasteiger partial charge in [-0.3, -0.25) is 0 Å². The van der Waals surface area contributed by atoms with Gasteiger partial charge in [0.25, 0.3) is 6.01 Å². The van der Waals surface area contributed by atoms with E-state index in [1.54, 1.807) is 18.3 Å². The van der Waals surface area contributed by atoms with Gasteiger partial charge in [-0.15, -0.1) is 0 Å². The number of fused-ring (bicyclic) bond motifs is 1. The first-order valence-electron chi connectivity index (χ1n) is 5.85. The molecule has 100 valence electrons. The predicted octanol–water partition coefficient (Wildman–Crippen LogP) is 1.93. The lowest BCUT2D eigenvalue weighted by Gasteiger charge is -1.99. The minimum absolute atomic E-state index is 0.163. The molecule has 0 amide bonds. The van der Waals surface area contributed by atoms with Gasteiger partial charge in [0.15, 0.2) is 5.58 Å². The molecule has 0 bridgehead atoms. The van der Waals surface area contributed by atoms with Crippen LogP contribution in [-0.2, 0) is 6.54 Å². The van der Waals surface area contributed by atoms with Gasteiger partial charge in [-0.25, -0.2) is 14.8 Å². The number of rotatable bonds is 4. The van der Waals surface area contributed by atoms with Gasteiger partial charge in [0.2, 0.25) is 0 Å². The smallest absolute Gasteiger partial charge is 0.335 e. The van der Waals surface area contributed by atoms with E-state index in [0.29, 0.717) is 23.7 Å². The topological polar surface area (TPSA) is 101 Å². The Bertz CT molecular complexity index is 755. The fraction of sp³-hybridized carbons (Fsp3) is 0.0769. The second-order valence-corrected chi connectivity index (χ2v) is 4.06. The van der Waals surface area contributed by atoms with Crippen LogP contribution in [0.4, 0.5) is 6.01 Å². The summed E-state index contributed by atoms with van der Waals surface area (Å²) in [6, 6.07) is 6.64. The van der Waals surface area contributed by atoms with Crippen molar-refractivity contribution in [2.45, 2.75) is 6.54 Å². The number of nitrogens with zero attached hydrogens (tertiary/aromatic N) is 3. The van der Waals surface area contributed by atoms with E-state index in [0.717, 1.165) is 5.69 Å². The molecule has 0 atom stereocenters. The fourth-order valence-electron chi connectivity index (χ4n) is 1.72. The van der Waals surface area contributed by atoms with Crippen LogP contribution in [0.5, 0.6) is 0 Å². The number of oxazole rings is 1. The summed E-state index contributed by atoms with van der Waals surface area (Å²) in [4.78, 5) is 23.0. The van der Waals surface area contributed by atoms with E-state index < -0.39 is 5.97 Å². The summed E-state index contributed by atoms with van der Waals surface area (Å²) in [5.74, 6) is -1.00. The number of aromatic carboxylic acids is 1. The van der Waals surface area contributed by atoms with Gasteiger partial charge < -0.3 is 14.8 Å². The number of carboxylic acid groups (broad SMARTS) is 1. The van der Waals surface area contributed by atoms with Crippen LogP contribution in [0.2, 0.25) is 0 Å². The normalized spacial score (nSPS) is 10.6. The van der Waals surface area contributed by atoms with Crippen molar-refractivity contribution in [1.29, 1.82) is 0 Å². The van der Waals surface area contributed by atoms with E-state index in [2.05, 4.69) is 20.3 Å². The van der Waals surface area contributed by atoms with Crippen LogP contribution in [0.15, 0.2) is 41.2 Å². The summed E-state index contributed by atoms with van der Waals surface area (Å²) in [5, 5.41) is 11.9. The third kappa shape index (κ3) is 2.41. The Morgan fingerprint density at radius 2 is 2.25 bits per heavy atom. The molecule has 0 spiro atoms. The summed E-state index contributed by atoms with van der Waals surface area (Å²) < 4.78 is 5.45. The molecule has 0 fully saturated rings. The van der Waals surface area contributed by atoms with Crippen LogP contribution in [0.1, 0.15) is 16.1 Å². The highest BCUT2D eigenvalue weighted by atomic mass is 16.4. The van der Waals surface area contributed by atoms with E-state index >= 15 is 0 Å². The Labute approximate surface area is 113 Å². The number of aromatic nitrogens is 3. The molecule has 0 aliphatic heterocycles. The number of nitrogens with one attached hydrogen (secondary N) is 1. The van der Waals surface area contributed by atoms with Crippen molar-refractivity contribution in [2.24, 2.45) is 0 Å². The van der Waals surface area contributed by atoms with E-state index in [-0.39, 0.29) is 5.56 Å². The largest absolute Gasteiger partial charge is 0.478 e.